The zero-order chi connectivity index (χ0) is 12.3. The van der Waals surface area contributed by atoms with E-state index in [0.29, 0.717) is 30.4 Å². The fourth-order valence-electron chi connectivity index (χ4n) is 2.28. The first-order valence-electron chi connectivity index (χ1n) is 5.88. The fourth-order valence-corrected chi connectivity index (χ4v) is 2.28. The van der Waals surface area contributed by atoms with Gasteiger partial charge in [-0.2, -0.15) is 0 Å². The number of likely N-dealkylation sites (N-methyl/N-ethyl adjacent to an activating group) is 1. The largest absolute Gasteiger partial charge is 0.409 e. The van der Waals surface area contributed by atoms with Crippen molar-refractivity contribution in [2.24, 2.45) is 10.9 Å². The lowest BCUT2D eigenvalue weighted by Crippen LogP contribution is -2.57. The zero-order valence-corrected chi connectivity index (χ0v) is 10.7. The Morgan fingerprint density at radius 1 is 1.44 bits per heavy atom. The van der Waals surface area contributed by atoms with E-state index in [0.717, 1.165) is 13.1 Å². The second-order valence-electron chi connectivity index (χ2n) is 4.96. The standard InChI is InChI=1S/C11H24N4O/c1-8(5-11(12)13-16)15-6-9(2)14(4)10(3)7-15/h8-10,16H,5-7H2,1-4H3,(H2,12,13). The van der Waals surface area contributed by atoms with Crippen LogP contribution in [0.4, 0.5) is 0 Å². The first kappa shape index (κ1) is 13.3. The predicted molar refractivity (Wildman–Crippen MR) is 65.7 cm³/mol. The molecule has 0 aliphatic carbocycles. The summed E-state index contributed by atoms with van der Waals surface area (Å²) in [5.41, 5.74) is 5.54. The monoisotopic (exact) mass is 228 g/mol. The van der Waals surface area contributed by atoms with Gasteiger partial charge in [-0.3, -0.25) is 9.80 Å². The van der Waals surface area contributed by atoms with E-state index in [-0.39, 0.29) is 0 Å². The number of hydrogen-bond donors (Lipinski definition) is 2. The van der Waals surface area contributed by atoms with Crippen molar-refractivity contribution in [2.45, 2.75) is 45.3 Å². The van der Waals surface area contributed by atoms with Crippen LogP contribution in [0.5, 0.6) is 0 Å². The number of piperazine rings is 1. The lowest BCUT2D eigenvalue weighted by molar-refractivity contribution is 0.0396. The van der Waals surface area contributed by atoms with Gasteiger partial charge in [-0.25, -0.2) is 0 Å². The average molecular weight is 228 g/mol. The summed E-state index contributed by atoms with van der Waals surface area (Å²) in [5, 5.41) is 11.6. The van der Waals surface area contributed by atoms with Gasteiger partial charge in [0.2, 0.25) is 0 Å². The maximum Gasteiger partial charge on any atom is 0.140 e. The molecule has 0 radical (unpaired) electrons. The molecule has 0 bridgehead atoms. The fraction of sp³-hybridized carbons (Fsp3) is 0.909. The van der Waals surface area contributed by atoms with Gasteiger partial charge >= 0.3 is 0 Å². The third kappa shape index (κ3) is 3.09. The highest BCUT2D eigenvalue weighted by Gasteiger charge is 2.29. The van der Waals surface area contributed by atoms with E-state index in [9.17, 15) is 0 Å². The molecular formula is C11H24N4O. The SMILES string of the molecule is CC(CC(N)=NO)N1CC(C)N(C)C(C)C1. The molecule has 0 saturated carbocycles. The number of amidine groups is 1. The van der Waals surface area contributed by atoms with Gasteiger partial charge in [-0.1, -0.05) is 5.16 Å². The first-order chi connectivity index (χ1) is 7.45. The highest BCUT2D eigenvalue weighted by atomic mass is 16.4. The summed E-state index contributed by atoms with van der Waals surface area (Å²) in [6.07, 6.45) is 0.625. The molecule has 0 spiro atoms. The maximum absolute atomic E-state index is 8.56. The lowest BCUT2D eigenvalue weighted by atomic mass is 10.1. The molecule has 1 aliphatic heterocycles. The minimum atomic E-state index is 0.312. The third-order valence-electron chi connectivity index (χ3n) is 3.64. The molecule has 0 aromatic carbocycles. The number of nitrogens with zero attached hydrogens (tertiary/aromatic N) is 3. The molecule has 1 heterocycles. The molecule has 5 nitrogen and oxygen atoms in total. The zero-order valence-electron chi connectivity index (χ0n) is 10.7. The Bertz CT molecular complexity index is 244. The van der Waals surface area contributed by atoms with Gasteiger partial charge < -0.3 is 10.9 Å². The number of oxime groups is 1. The smallest absolute Gasteiger partial charge is 0.140 e. The van der Waals surface area contributed by atoms with Crippen molar-refractivity contribution in [1.29, 1.82) is 0 Å². The second-order valence-corrected chi connectivity index (χ2v) is 4.96. The van der Waals surface area contributed by atoms with Gasteiger partial charge in [0.25, 0.3) is 0 Å². The van der Waals surface area contributed by atoms with Gasteiger partial charge in [0, 0.05) is 37.6 Å². The van der Waals surface area contributed by atoms with Crippen molar-refractivity contribution >= 4 is 5.84 Å². The van der Waals surface area contributed by atoms with Gasteiger partial charge in [-0.05, 0) is 27.8 Å². The molecule has 1 aliphatic rings. The summed E-state index contributed by atoms with van der Waals surface area (Å²) in [6.45, 7) is 8.68. The van der Waals surface area contributed by atoms with E-state index in [4.69, 9.17) is 10.9 Å². The minimum absolute atomic E-state index is 0.312. The molecule has 3 N–H and O–H groups in total. The highest BCUT2D eigenvalue weighted by Crippen LogP contribution is 2.16. The topological polar surface area (TPSA) is 65.1 Å². The summed E-state index contributed by atoms with van der Waals surface area (Å²) in [4.78, 5) is 4.81. The van der Waals surface area contributed by atoms with Crippen LogP contribution in [-0.4, -0.2) is 59.1 Å². The summed E-state index contributed by atoms with van der Waals surface area (Å²) >= 11 is 0. The van der Waals surface area contributed by atoms with E-state index in [1.165, 1.54) is 0 Å². The van der Waals surface area contributed by atoms with Crippen molar-refractivity contribution in [2.75, 3.05) is 20.1 Å². The van der Waals surface area contributed by atoms with Crippen LogP contribution in [0.1, 0.15) is 27.2 Å². The Kier molecular flexibility index (Phi) is 4.56. The molecule has 3 unspecified atom stereocenters. The average Bonchev–Trinajstić information content (AvgIpc) is 2.24. The molecule has 1 rings (SSSR count). The van der Waals surface area contributed by atoms with Crippen molar-refractivity contribution in [3.63, 3.8) is 0 Å². The molecule has 3 atom stereocenters. The minimum Gasteiger partial charge on any atom is -0.409 e. The van der Waals surface area contributed by atoms with E-state index in [1.54, 1.807) is 0 Å². The summed E-state index contributed by atoms with van der Waals surface area (Å²) in [7, 11) is 2.17. The van der Waals surface area contributed by atoms with E-state index < -0.39 is 0 Å². The Hall–Kier alpha value is -0.810. The molecule has 1 saturated heterocycles. The van der Waals surface area contributed by atoms with Crippen molar-refractivity contribution in [1.82, 2.24) is 9.80 Å². The summed E-state index contributed by atoms with van der Waals surface area (Å²) in [6, 6.07) is 1.44. The van der Waals surface area contributed by atoms with Crippen molar-refractivity contribution < 1.29 is 5.21 Å². The van der Waals surface area contributed by atoms with Crippen molar-refractivity contribution in [3.8, 4) is 0 Å². The van der Waals surface area contributed by atoms with Crippen LogP contribution in [0.2, 0.25) is 0 Å². The lowest BCUT2D eigenvalue weighted by Gasteiger charge is -2.44. The van der Waals surface area contributed by atoms with Crippen LogP contribution >= 0.6 is 0 Å². The summed E-state index contributed by atoms with van der Waals surface area (Å²) in [5.74, 6) is 0.312. The number of hydrogen-bond acceptors (Lipinski definition) is 4. The predicted octanol–water partition coefficient (Wildman–Crippen LogP) is 0.536. The van der Waals surface area contributed by atoms with Crippen LogP contribution in [0.25, 0.3) is 0 Å². The maximum atomic E-state index is 8.56. The molecule has 0 aromatic rings. The van der Waals surface area contributed by atoms with Gasteiger partial charge in [0.05, 0.1) is 0 Å². The normalized spacial score (nSPS) is 31.6. The molecule has 1 fully saturated rings. The van der Waals surface area contributed by atoms with Gasteiger partial charge in [0.1, 0.15) is 5.84 Å². The van der Waals surface area contributed by atoms with Crippen LogP contribution in [0.3, 0.4) is 0 Å². The molecule has 5 heteroatoms. The molecule has 0 amide bonds. The Labute approximate surface area is 97.9 Å². The van der Waals surface area contributed by atoms with Crippen molar-refractivity contribution in [3.05, 3.63) is 0 Å². The van der Waals surface area contributed by atoms with Crippen LogP contribution in [0.15, 0.2) is 5.16 Å². The molecule has 0 aromatic heterocycles. The number of rotatable bonds is 3. The Morgan fingerprint density at radius 2 is 1.94 bits per heavy atom. The quantitative estimate of drug-likeness (QED) is 0.320. The van der Waals surface area contributed by atoms with Crippen LogP contribution in [-0.2, 0) is 0 Å². The molecule has 94 valence electrons. The van der Waals surface area contributed by atoms with Gasteiger partial charge in [0.15, 0.2) is 0 Å². The number of nitrogens with two attached hydrogens (primary N) is 1. The van der Waals surface area contributed by atoms with Crippen LogP contribution in [0, 0.1) is 0 Å². The van der Waals surface area contributed by atoms with Crippen LogP contribution < -0.4 is 5.73 Å². The molecular weight excluding hydrogens is 204 g/mol. The molecule has 16 heavy (non-hydrogen) atoms. The van der Waals surface area contributed by atoms with E-state index in [1.807, 2.05) is 0 Å². The summed E-state index contributed by atoms with van der Waals surface area (Å²) < 4.78 is 0. The Morgan fingerprint density at radius 3 is 2.38 bits per heavy atom. The third-order valence-corrected chi connectivity index (χ3v) is 3.64. The second kappa shape index (κ2) is 5.50. The Balaban J connectivity index is 2.54. The highest BCUT2D eigenvalue weighted by molar-refractivity contribution is 5.80. The van der Waals surface area contributed by atoms with E-state index >= 15 is 0 Å². The van der Waals surface area contributed by atoms with Gasteiger partial charge in [-0.15, -0.1) is 0 Å². The first-order valence-corrected chi connectivity index (χ1v) is 5.88. The van der Waals surface area contributed by atoms with E-state index in [2.05, 4.69) is 42.8 Å².